The summed E-state index contributed by atoms with van der Waals surface area (Å²) in [5.74, 6) is -0.185. The second-order valence-corrected chi connectivity index (χ2v) is 10.6. The van der Waals surface area contributed by atoms with E-state index in [2.05, 4.69) is 6.92 Å². The molecular formula is C34H68O12. The van der Waals surface area contributed by atoms with Crippen LogP contribution in [0.25, 0.3) is 0 Å². The highest BCUT2D eigenvalue weighted by atomic mass is 16.6. The summed E-state index contributed by atoms with van der Waals surface area (Å²) >= 11 is 0. The molecule has 276 valence electrons. The van der Waals surface area contributed by atoms with Gasteiger partial charge in [0.05, 0.1) is 126 Å². The van der Waals surface area contributed by atoms with E-state index in [4.69, 9.17) is 52.1 Å². The quantitative estimate of drug-likeness (QED) is 0.0667. The van der Waals surface area contributed by atoms with E-state index in [1.165, 1.54) is 44.9 Å². The van der Waals surface area contributed by atoms with E-state index in [1.807, 2.05) is 6.92 Å². The van der Waals surface area contributed by atoms with Crippen molar-refractivity contribution in [2.24, 2.45) is 0 Å². The van der Waals surface area contributed by atoms with Gasteiger partial charge in [-0.1, -0.05) is 58.8 Å². The average Bonchev–Trinajstić information content (AvgIpc) is 3.06. The van der Waals surface area contributed by atoms with E-state index in [0.29, 0.717) is 132 Å². The van der Waals surface area contributed by atoms with Gasteiger partial charge in [0.25, 0.3) is 0 Å². The lowest BCUT2D eigenvalue weighted by molar-refractivity contribution is -0.145. The number of carbonyl (C=O) groups is 1. The third kappa shape index (κ3) is 41.1. The molecule has 0 rings (SSSR count). The van der Waals surface area contributed by atoms with Crippen LogP contribution in [0.3, 0.4) is 0 Å². The van der Waals surface area contributed by atoms with Gasteiger partial charge in [-0.15, -0.1) is 0 Å². The summed E-state index contributed by atoms with van der Waals surface area (Å²) in [6.07, 6.45) is 11.8. The summed E-state index contributed by atoms with van der Waals surface area (Å²) in [5.41, 5.74) is 0. The normalized spacial score (nSPS) is 11.4. The fourth-order valence-corrected chi connectivity index (χ4v) is 3.91. The van der Waals surface area contributed by atoms with E-state index in [9.17, 15) is 4.79 Å². The SMILES string of the molecule is CCCCCCCCCCOCCOCCOCCOCCOCCOCCOCCOCCOCCOCCOC(=O)CCC. The lowest BCUT2D eigenvalue weighted by atomic mass is 10.1. The number of unbranched alkanes of at least 4 members (excludes halogenated alkanes) is 7. The molecule has 0 saturated heterocycles. The standard InChI is InChI=1S/C34H68O12/c1-3-5-6-7-8-9-10-11-13-36-14-15-37-16-17-38-18-19-39-20-21-40-22-23-41-24-25-42-26-27-43-28-29-44-30-31-45-32-33-46-34(35)12-4-2/h3-33H2,1-2H3. The number of rotatable bonds is 41. The highest BCUT2D eigenvalue weighted by Gasteiger charge is 2.00. The van der Waals surface area contributed by atoms with Crippen molar-refractivity contribution in [3.8, 4) is 0 Å². The van der Waals surface area contributed by atoms with Crippen molar-refractivity contribution in [1.29, 1.82) is 0 Å². The minimum absolute atomic E-state index is 0.185. The molecule has 0 bridgehead atoms. The fourth-order valence-electron chi connectivity index (χ4n) is 3.91. The van der Waals surface area contributed by atoms with Crippen LogP contribution >= 0.6 is 0 Å². The van der Waals surface area contributed by atoms with Crippen molar-refractivity contribution >= 4 is 5.97 Å². The maximum Gasteiger partial charge on any atom is 0.305 e. The predicted molar refractivity (Wildman–Crippen MR) is 177 cm³/mol. The van der Waals surface area contributed by atoms with Gasteiger partial charge < -0.3 is 52.1 Å². The zero-order valence-electron chi connectivity index (χ0n) is 29.3. The number of hydrogen-bond donors (Lipinski definition) is 0. The first-order valence-electron chi connectivity index (χ1n) is 17.7. The third-order valence-corrected chi connectivity index (χ3v) is 6.44. The molecule has 0 spiro atoms. The third-order valence-electron chi connectivity index (χ3n) is 6.44. The summed E-state index contributed by atoms with van der Waals surface area (Å²) in [6.45, 7) is 15.1. The maximum atomic E-state index is 11.2. The lowest BCUT2D eigenvalue weighted by Crippen LogP contribution is -2.15. The molecular weight excluding hydrogens is 600 g/mol. The van der Waals surface area contributed by atoms with E-state index in [1.54, 1.807) is 0 Å². The average molecular weight is 669 g/mol. The van der Waals surface area contributed by atoms with Gasteiger partial charge in [0, 0.05) is 13.0 Å². The van der Waals surface area contributed by atoms with Gasteiger partial charge in [0.1, 0.15) is 6.61 Å². The second-order valence-electron chi connectivity index (χ2n) is 10.6. The zero-order valence-corrected chi connectivity index (χ0v) is 29.3. The van der Waals surface area contributed by atoms with E-state index < -0.39 is 0 Å². The maximum absolute atomic E-state index is 11.2. The molecule has 0 aromatic rings. The summed E-state index contributed by atoms with van der Waals surface area (Å²) in [7, 11) is 0. The van der Waals surface area contributed by atoms with Crippen molar-refractivity contribution in [2.45, 2.75) is 78.1 Å². The highest BCUT2D eigenvalue weighted by Crippen LogP contribution is 2.08. The topological polar surface area (TPSA) is 119 Å². The molecule has 0 aromatic heterocycles. The van der Waals surface area contributed by atoms with Crippen molar-refractivity contribution in [2.75, 3.05) is 139 Å². The summed E-state index contributed by atoms with van der Waals surface area (Å²) < 4.78 is 59.8. The minimum atomic E-state index is -0.185. The van der Waals surface area contributed by atoms with Gasteiger partial charge in [0.15, 0.2) is 0 Å². The first-order chi connectivity index (χ1) is 22.8. The molecule has 0 unspecified atom stereocenters. The van der Waals surface area contributed by atoms with Crippen LogP contribution in [0.15, 0.2) is 0 Å². The molecule has 0 fully saturated rings. The Labute approximate surface area is 279 Å². The number of esters is 1. The Balaban J connectivity index is 3.05. The van der Waals surface area contributed by atoms with Gasteiger partial charge in [-0.05, 0) is 12.8 Å². The molecule has 12 heteroatoms. The lowest BCUT2D eigenvalue weighted by Gasteiger charge is -2.09. The van der Waals surface area contributed by atoms with Crippen molar-refractivity contribution in [1.82, 2.24) is 0 Å². The molecule has 0 aromatic carbocycles. The number of carbonyl (C=O) groups excluding carboxylic acids is 1. The van der Waals surface area contributed by atoms with Crippen LogP contribution in [0, 0.1) is 0 Å². The largest absolute Gasteiger partial charge is 0.463 e. The Morgan fingerprint density at radius 1 is 0.304 bits per heavy atom. The summed E-state index contributed by atoms with van der Waals surface area (Å²) in [5, 5.41) is 0. The molecule has 0 radical (unpaired) electrons. The fraction of sp³-hybridized carbons (Fsp3) is 0.971. The van der Waals surface area contributed by atoms with Crippen LogP contribution in [0.1, 0.15) is 78.1 Å². The molecule has 12 nitrogen and oxygen atoms in total. The van der Waals surface area contributed by atoms with E-state index >= 15 is 0 Å². The summed E-state index contributed by atoms with van der Waals surface area (Å²) in [4.78, 5) is 11.2. The van der Waals surface area contributed by atoms with Gasteiger partial charge in [-0.2, -0.15) is 0 Å². The van der Waals surface area contributed by atoms with Gasteiger partial charge in [0.2, 0.25) is 0 Å². The van der Waals surface area contributed by atoms with Crippen LogP contribution in [0.5, 0.6) is 0 Å². The molecule has 0 atom stereocenters. The van der Waals surface area contributed by atoms with Gasteiger partial charge in [-0.3, -0.25) is 4.79 Å². The second kappa shape index (κ2) is 42.1. The van der Waals surface area contributed by atoms with Crippen molar-refractivity contribution in [3.63, 3.8) is 0 Å². The molecule has 0 aliphatic rings. The Bertz CT molecular complexity index is 570. The minimum Gasteiger partial charge on any atom is -0.463 e. The highest BCUT2D eigenvalue weighted by molar-refractivity contribution is 5.69. The molecule has 46 heavy (non-hydrogen) atoms. The number of ether oxygens (including phenoxy) is 11. The molecule has 0 N–H and O–H groups in total. The van der Waals surface area contributed by atoms with Crippen LogP contribution in [0.4, 0.5) is 0 Å². The Hall–Kier alpha value is -0.930. The number of hydrogen-bond acceptors (Lipinski definition) is 12. The van der Waals surface area contributed by atoms with Crippen LogP contribution in [0.2, 0.25) is 0 Å². The molecule has 0 aliphatic carbocycles. The molecule has 0 saturated carbocycles. The molecule has 0 amide bonds. The molecule has 0 aliphatic heterocycles. The Morgan fingerprint density at radius 3 is 0.870 bits per heavy atom. The van der Waals surface area contributed by atoms with Crippen LogP contribution in [-0.4, -0.2) is 145 Å². The monoisotopic (exact) mass is 668 g/mol. The predicted octanol–water partition coefficient (Wildman–Crippen LogP) is 4.64. The van der Waals surface area contributed by atoms with Crippen molar-refractivity contribution in [3.05, 3.63) is 0 Å². The first kappa shape index (κ1) is 45.1. The van der Waals surface area contributed by atoms with E-state index in [-0.39, 0.29) is 12.6 Å². The zero-order chi connectivity index (χ0) is 33.3. The molecule has 0 heterocycles. The smallest absolute Gasteiger partial charge is 0.305 e. The summed E-state index contributed by atoms with van der Waals surface area (Å²) in [6, 6.07) is 0. The first-order valence-corrected chi connectivity index (χ1v) is 17.7. The van der Waals surface area contributed by atoms with Gasteiger partial charge in [-0.25, -0.2) is 0 Å². The van der Waals surface area contributed by atoms with E-state index in [0.717, 1.165) is 19.4 Å². The Morgan fingerprint density at radius 2 is 0.565 bits per heavy atom. The van der Waals surface area contributed by atoms with Crippen LogP contribution < -0.4 is 0 Å². The van der Waals surface area contributed by atoms with Crippen LogP contribution in [-0.2, 0) is 56.9 Å². The Kier molecular flexibility index (Phi) is 41.2. The van der Waals surface area contributed by atoms with Gasteiger partial charge >= 0.3 is 5.97 Å². The van der Waals surface area contributed by atoms with Crippen molar-refractivity contribution < 1.29 is 56.9 Å².